The van der Waals surface area contributed by atoms with E-state index in [1.807, 2.05) is 61.6 Å². The van der Waals surface area contributed by atoms with Crippen LogP contribution in [0.2, 0.25) is 0 Å². The molecule has 1 heterocycles. The van der Waals surface area contributed by atoms with Gasteiger partial charge in [-0.3, -0.25) is 9.59 Å². The predicted molar refractivity (Wildman–Crippen MR) is 111 cm³/mol. The van der Waals surface area contributed by atoms with Crippen LogP contribution in [0.5, 0.6) is 0 Å². The largest absolute Gasteiger partial charge is 0.356 e. The first-order valence-corrected chi connectivity index (χ1v) is 10.2. The van der Waals surface area contributed by atoms with Gasteiger partial charge in [0.25, 0.3) is 0 Å². The minimum atomic E-state index is -0.848. The summed E-state index contributed by atoms with van der Waals surface area (Å²) in [5.41, 5.74) is 2.37. The number of benzene rings is 2. The van der Waals surface area contributed by atoms with E-state index in [4.69, 9.17) is 0 Å². The highest BCUT2D eigenvalue weighted by molar-refractivity contribution is 6.09. The molecule has 0 radical (unpaired) electrons. The summed E-state index contributed by atoms with van der Waals surface area (Å²) in [5.74, 6) is -0.0292. The number of nitrogens with zero attached hydrogens (tertiary/aromatic N) is 1. The van der Waals surface area contributed by atoms with Gasteiger partial charge in [-0.1, -0.05) is 55.5 Å². The highest BCUT2D eigenvalue weighted by Gasteiger charge is 2.51. The van der Waals surface area contributed by atoms with Gasteiger partial charge in [0, 0.05) is 25.7 Å². The molecule has 4 rings (SSSR count). The van der Waals surface area contributed by atoms with Gasteiger partial charge < -0.3 is 10.2 Å². The molecule has 1 N–H and O–H groups in total. The topological polar surface area (TPSA) is 49.4 Å². The molecule has 1 aliphatic carbocycles. The first-order chi connectivity index (χ1) is 13.5. The Balaban J connectivity index is 1.65. The Hall–Kier alpha value is -2.62. The van der Waals surface area contributed by atoms with E-state index < -0.39 is 5.41 Å². The fourth-order valence-corrected chi connectivity index (χ4v) is 4.52. The van der Waals surface area contributed by atoms with Gasteiger partial charge in [0.15, 0.2) is 0 Å². The molecule has 1 atom stereocenters. The number of amides is 2. The highest BCUT2D eigenvalue weighted by Crippen LogP contribution is 2.48. The van der Waals surface area contributed by atoms with E-state index in [2.05, 4.69) is 12.2 Å². The zero-order valence-electron chi connectivity index (χ0n) is 16.7. The zero-order chi connectivity index (χ0) is 19.8. The maximum absolute atomic E-state index is 13.4. The number of anilines is 1. The van der Waals surface area contributed by atoms with Gasteiger partial charge >= 0.3 is 0 Å². The lowest BCUT2D eigenvalue weighted by Crippen LogP contribution is -2.45. The van der Waals surface area contributed by atoms with Crippen LogP contribution in [0, 0.1) is 5.41 Å². The van der Waals surface area contributed by atoms with Crippen molar-refractivity contribution in [2.45, 2.75) is 44.4 Å². The summed E-state index contributed by atoms with van der Waals surface area (Å²) in [6.45, 7) is 2.90. The molecule has 4 heteroatoms. The smallest absolute Gasteiger partial charge is 0.238 e. The number of fused-ring (bicyclic) bond motifs is 1. The molecule has 146 valence electrons. The number of carbonyl (C=O) groups is 2. The van der Waals surface area contributed by atoms with Crippen molar-refractivity contribution in [1.82, 2.24) is 5.32 Å². The van der Waals surface area contributed by atoms with Crippen molar-refractivity contribution in [3.8, 4) is 0 Å². The molecule has 4 nitrogen and oxygen atoms in total. The SMILES string of the molecule is CCC1(CNC(=O)C[C@@]2(Cc3ccccc3)C(=O)N(C)c3ccccc32)CC1. The van der Waals surface area contributed by atoms with Crippen LogP contribution < -0.4 is 10.2 Å². The quantitative estimate of drug-likeness (QED) is 0.798. The molecular formula is C24H28N2O2. The third kappa shape index (κ3) is 3.21. The van der Waals surface area contributed by atoms with Crippen LogP contribution in [0.4, 0.5) is 5.69 Å². The van der Waals surface area contributed by atoms with Crippen LogP contribution in [0.3, 0.4) is 0 Å². The van der Waals surface area contributed by atoms with Gasteiger partial charge in [-0.25, -0.2) is 0 Å². The van der Waals surface area contributed by atoms with Crippen LogP contribution in [0.1, 0.15) is 43.7 Å². The number of likely N-dealkylation sites (N-methyl/N-ethyl adjacent to an activating group) is 1. The van der Waals surface area contributed by atoms with Gasteiger partial charge in [0.05, 0.1) is 5.41 Å². The fraction of sp³-hybridized carbons (Fsp3) is 0.417. The molecule has 0 aromatic heterocycles. The molecule has 28 heavy (non-hydrogen) atoms. The molecule has 2 aliphatic rings. The number of rotatable bonds is 7. The fourth-order valence-electron chi connectivity index (χ4n) is 4.52. The summed E-state index contributed by atoms with van der Waals surface area (Å²) in [6.07, 6.45) is 4.17. The maximum atomic E-state index is 13.4. The minimum Gasteiger partial charge on any atom is -0.356 e. The second kappa shape index (κ2) is 7.08. The third-order valence-corrected chi connectivity index (χ3v) is 6.67. The Kier molecular flexibility index (Phi) is 4.74. The Morgan fingerprint density at radius 3 is 2.43 bits per heavy atom. The van der Waals surface area contributed by atoms with E-state index in [1.165, 1.54) is 12.8 Å². The number of hydrogen-bond acceptors (Lipinski definition) is 2. The van der Waals surface area contributed by atoms with Gasteiger partial charge in [-0.15, -0.1) is 0 Å². The Morgan fingerprint density at radius 1 is 1.07 bits per heavy atom. The van der Waals surface area contributed by atoms with Crippen molar-refractivity contribution in [1.29, 1.82) is 0 Å². The van der Waals surface area contributed by atoms with Gasteiger partial charge in [0.2, 0.25) is 11.8 Å². The Morgan fingerprint density at radius 2 is 1.75 bits per heavy atom. The summed E-state index contributed by atoms with van der Waals surface area (Å²) >= 11 is 0. The second-order valence-electron chi connectivity index (χ2n) is 8.43. The minimum absolute atomic E-state index is 0.00401. The van der Waals surface area contributed by atoms with Crippen molar-refractivity contribution in [2.24, 2.45) is 5.41 Å². The molecular weight excluding hydrogens is 348 g/mol. The van der Waals surface area contributed by atoms with Gasteiger partial charge in [-0.05, 0) is 48.3 Å². The van der Waals surface area contributed by atoms with Gasteiger partial charge in [0.1, 0.15) is 0 Å². The molecule has 1 aliphatic heterocycles. The van der Waals surface area contributed by atoms with Crippen molar-refractivity contribution < 1.29 is 9.59 Å². The number of para-hydroxylation sites is 1. The van der Waals surface area contributed by atoms with E-state index in [1.54, 1.807) is 4.90 Å². The van der Waals surface area contributed by atoms with E-state index in [-0.39, 0.29) is 23.7 Å². The molecule has 0 bridgehead atoms. The monoisotopic (exact) mass is 376 g/mol. The van der Waals surface area contributed by atoms with Gasteiger partial charge in [-0.2, -0.15) is 0 Å². The summed E-state index contributed by atoms with van der Waals surface area (Å²) in [4.78, 5) is 28.1. The van der Waals surface area contributed by atoms with Crippen LogP contribution in [0.15, 0.2) is 54.6 Å². The molecule has 0 saturated heterocycles. The molecule has 2 amide bonds. The molecule has 2 aromatic carbocycles. The van der Waals surface area contributed by atoms with Crippen LogP contribution in [0.25, 0.3) is 0 Å². The maximum Gasteiger partial charge on any atom is 0.238 e. The second-order valence-corrected chi connectivity index (χ2v) is 8.43. The zero-order valence-corrected chi connectivity index (χ0v) is 16.7. The standard InChI is InChI=1S/C24H28N2O2/c1-3-23(13-14-23)17-25-21(27)16-24(15-18-9-5-4-6-10-18)19-11-7-8-12-20(19)26(2)22(24)28/h4-12H,3,13-17H2,1-2H3,(H,25,27)/t24-/m1/s1. The van der Waals surface area contributed by atoms with E-state index >= 15 is 0 Å². The van der Waals surface area contributed by atoms with Crippen molar-refractivity contribution in [2.75, 3.05) is 18.5 Å². The normalized spacial score (nSPS) is 22.1. The summed E-state index contributed by atoms with van der Waals surface area (Å²) < 4.78 is 0. The highest BCUT2D eigenvalue weighted by atomic mass is 16.2. The van der Waals surface area contributed by atoms with Crippen LogP contribution >= 0.6 is 0 Å². The lowest BCUT2D eigenvalue weighted by Gasteiger charge is -2.28. The molecule has 1 fully saturated rings. The molecule has 0 unspecified atom stereocenters. The Labute approximate surface area is 166 Å². The Bertz CT molecular complexity index is 888. The molecule has 2 aromatic rings. The lowest BCUT2D eigenvalue weighted by atomic mass is 9.73. The van der Waals surface area contributed by atoms with E-state index in [0.29, 0.717) is 6.42 Å². The summed E-state index contributed by atoms with van der Waals surface area (Å²) in [6, 6.07) is 17.9. The summed E-state index contributed by atoms with van der Waals surface area (Å²) in [7, 11) is 1.81. The lowest BCUT2D eigenvalue weighted by molar-refractivity contribution is -0.129. The van der Waals surface area contributed by atoms with E-state index in [9.17, 15) is 9.59 Å². The third-order valence-electron chi connectivity index (χ3n) is 6.67. The van der Waals surface area contributed by atoms with Crippen molar-refractivity contribution in [3.63, 3.8) is 0 Å². The molecule has 1 saturated carbocycles. The number of hydrogen-bond donors (Lipinski definition) is 1. The predicted octanol–water partition coefficient (Wildman–Crippen LogP) is 3.84. The van der Waals surface area contributed by atoms with E-state index in [0.717, 1.165) is 29.8 Å². The average molecular weight is 377 g/mol. The molecule has 0 spiro atoms. The van der Waals surface area contributed by atoms with Crippen molar-refractivity contribution >= 4 is 17.5 Å². The summed E-state index contributed by atoms with van der Waals surface area (Å²) in [5, 5.41) is 3.13. The average Bonchev–Trinajstić information content (AvgIpc) is 3.48. The number of nitrogens with one attached hydrogen (secondary N) is 1. The van der Waals surface area contributed by atoms with Crippen molar-refractivity contribution in [3.05, 3.63) is 65.7 Å². The van der Waals surface area contributed by atoms with Crippen LogP contribution in [-0.2, 0) is 21.4 Å². The number of carbonyl (C=O) groups excluding carboxylic acids is 2. The van der Waals surface area contributed by atoms with Crippen LogP contribution in [-0.4, -0.2) is 25.4 Å². The first kappa shape index (κ1) is 18.7. The first-order valence-electron chi connectivity index (χ1n) is 10.2.